The number of aromatic nitrogens is 4. The van der Waals surface area contributed by atoms with Gasteiger partial charge in [-0.1, -0.05) is 36.4 Å². The average molecular weight is 357 g/mol. The van der Waals surface area contributed by atoms with Gasteiger partial charge in [-0.3, -0.25) is 0 Å². The van der Waals surface area contributed by atoms with Crippen molar-refractivity contribution in [3.63, 3.8) is 0 Å². The van der Waals surface area contributed by atoms with Gasteiger partial charge in [-0.05, 0) is 24.1 Å². The monoisotopic (exact) mass is 357 g/mol. The van der Waals surface area contributed by atoms with E-state index in [1.54, 1.807) is 6.07 Å². The van der Waals surface area contributed by atoms with Crippen LogP contribution in [-0.2, 0) is 12.6 Å². The van der Waals surface area contributed by atoms with Crippen LogP contribution in [0.5, 0.6) is 0 Å². The smallest absolute Gasteiger partial charge is 0.353 e. The van der Waals surface area contributed by atoms with Gasteiger partial charge < -0.3 is 10.3 Å². The number of para-hydroxylation sites is 1. The second kappa shape index (κ2) is 6.29. The first-order valence-corrected chi connectivity index (χ1v) is 8.02. The lowest BCUT2D eigenvalue weighted by Crippen LogP contribution is -2.13. The van der Waals surface area contributed by atoms with Crippen LogP contribution in [0.3, 0.4) is 0 Å². The van der Waals surface area contributed by atoms with Crippen LogP contribution in [-0.4, -0.2) is 26.7 Å². The standard InChI is InChI=1S/C18H14F3N5/c19-18(20,21)13-7-3-1-5-11(13)9-10-22-17-24-16-15(25-26-17)12-6-2-4-8-14(12)23-16/h1-8H,9-10H2,(H2,22,23,24,26). The third-order valence-corrected chi connectivity index (χ3v) is 4.12. The zero-order valence-electron chi connectivity index (χ0n) is 13.5. The second-order valence-electron chi connectivity index (χ2n) is 5.83. The molecule has 0 radical (unpaired) electrons. The van der Waals surface area contributed by atoms with Gasteiger partial charge >= 0.3 is 6.18 Å². The zero-order valence-corrected chi connectivity index (χ0v) is 13.5. The van der Waals surface area contributed by atoms with E-state index >= 15 is 0 Å². The van der Waals surface area contributed by atoms with E-state index in [0.29, 0.717) is 11.2 Å². The van der Waals surface area contributed by atoms with Gasteiger partial charge in [0.05, 0.1) is 5.56 Å². The number of benzene rings is 2. The molecule has 2 aromatic heterocycles. The molecule has 0 spiro atoms. The number of nitrogens with one attached hydrogen (secondary N) is 2. The molecule has 0 aliphatic heterocycles. The molecule has 5 nitrogen and oxygen atoms in total. The largest absolute Gasteiger partial charge is 0.416 e. The van der Waals surface area contributed by atoms with E-state index in [2.05, 4.69) is 25.5 Å². The van der Waals surface area contributed by atoms with E-state index in [4.69, 9.17) is 0 Å². The number of fused-ring (bicyclic) bond motifs is 3. The van der Waals surface area contributed by atoms with Crippen molar-refractivity contribution < 1.29 is 13.2 Å². The highest BCUT2D eigenvalue weighted by molar-refractivity contribution is 6.03. The van der Waals surface area contributed by atoms with Crippen molar-refractivity contribution in [2.75, 3.05) is 11.9 Å². The van der Waals surface area contributed by atoms with Crippen LogP contribution in [0.2, 0.25) is 0 Å². The van der Waals surface area contributed by atoms with Gasteiger partial charge in [0, 0.05) is 17.4 Å². The number of rotatable bonds is 4. The van der Waals surface area contributed by atoms with Crippen molar-refractivity contribution in [2.45, 2.75) is 12.6 Å². The molecule has 132 valence electrons. The number of alkyl halides is 3. The van der Waals surface area contributed by atoms with E-state index in [1.807, 2.05) is 24.3 Å². The summed E-state index contributed by atoms with van der Waals surface area (Å²) < 4.78 is 39.0. The Hall–Kier alpha value is -3.16. The third-order valence-electron chi connectivity index (χ3n) is 4.12. The fraction of sp³-hybridized carbons (Fsp3) is 0.167. The topological polar surface area (TPSA) is 66.5 Å². The number of nitrogens with zero attached hydrogens (tertiary/aromatic N) is 3. The van der Waals surface area contributed by atoms with Crippen LogP contribution >= 0.6 is 0 Å². The molecule has 0 amide bonds. The summed E-state index contributed by atoms with van der Waals surface area (Å²) in [5, 5.41) is 12.0. The van der Waals surface area contributed by atoms with Gasteiger partial charge in [0.1, 0.15) is 5.52 Å². The molecule has 2 N–H and O–H groups in total. The minimum Gasteiger partial charge on any atom is -0.353 e. The van der Waals surface area contributed by atoms with Gasteiger partial charge in [-0.25, -0.2) is 0 Å². The Morgan fingerprint density at radius 3 is 2.58 bits per heavy atom. The minimum atomic E-state index is -4.36. The predicted octanol–water partition coefficient (Wildman–Crippen LogP) is 4.18. The zero-order chi connectivity index (χ0) is 18.1. The molecule has 8 heteroatoms. The maximum absolute atomic E-state index is 13.0. The van der Waals surface area contributed by atoms with Crippen LogP contribution in [0.25, 0.3) is 22.1 Å². The summed E-state index contributed by atoms with van der Waals surface area (Å²) in [6.07, 6.45) is -4.16. The van der Waals surface area contributed by atoms with Crippen molar-refractivity contribution in [3.05, 3.63) is 59.7 Å². The quantitative estimate of drug-likeness (QED) is 0.575. The maximum atomic E-state index is 13.0. The highest BCUT2D eigenvalue weighted by Crippen LogP contribution is 2.32. The van der Waals surface area contributed by atoms with Gasteiger partial charge in [-0.2, -0.15) is 18.2 Å². The molecule has 0 atom stereocenters. The first-order valence-electron chi connectivity index (χ1n) is 8.02. The van der Waals surface area contributed by atoms with Crippen molar-refractivity contribution >= 4 is 28.0 Å². The summed E-state index contributed by atoms with van der Waals surface area (Å²) in [5.74, 6) is 0.272. The molecule has 0 saturated heterocycles. The molecule has 0 bridgehead atoms. The lowest BCUT2D eigenvalue weighted by atomic mass is 10.0. The molecule has 4 rings (SSSR count). The Balaban J connectivity index is 1.51. The Kier molecular flexibility index (Phi) is 3.95. The molecule has 2 aromatic carbocycles. The summed E-state index contributed by atoms with van der Waals surface area (Å²) in [7, 11) is 0. The highest BCUT2D eigenvalue weighted by Gasteiger charge is 2.32. The molecule has 0 fully saturated rings. The highest BCUT2D eigenvalue weighted by atomic mass is 19.4. The number of halogens is 3. The van der Waals surface area contributed by atoms with E-state index in [1.165, 1.54) is 12.1 Å². The molecule has 4 aromatic rings. The lowest BCUT2D eigenvalue weighted by molar-refractivity contribution is -0.138. The van der Waals surface area contributed by atoms with E-state index < -0.39 is 11.7 Å². The summed E-state index contributed by atoms with van der Waals surface area (Å²) >= 11 is 0. The van der Waals surface area contributed by atoms with E-state index in [9.17, 15) is 13.2 Å². The first kappa shape index (κ1) is 16.3. The molecular weight excluding hydrogens is 343 g/mol. The van der Waals surface area contributed by atoms with Crippen LogP contribution in [0.1, 0.15) is 11.1 Å². The number of aromatic amines is 1. The Morgan fingerprint density at radius 2 is 1.73 bits per heavy atom. The molecular formula is C18H14F3N5. The van der Waals surface area contributed by atoms with Crippen LogP contribution in [0, 0.1) is 0 Å². The number of anilines is 1. The number of hydrogen-bond acceptors (Lipinski definition) is 4. The minimum absolute atomic E-state index is 0.198. The fourth-order valence-electron chi connectivity index (χ4n) is 2.92. The van der Waals surface area contributed by atoms with Crippen molar-refractivity contribution in [3.8, 4) is 0 Å². The van der Waals surface area contributed by atoms with Crippen LogP contribution in [0.4, 0.5) is 19.1 Å². The van der Waals surface area contributed by atoms with Gasteiger partial charge in [-0.15, -0.1) is 10.2 Å². The maximum Gasteiger partial charge on any atom is 0.416 e. The molecule has 26 heavy (non-hydrogen) atoms. The average Bonchev–Trinajstić information content (AvgIpc) is 2.99. The third kappa shape index (κ3) is 3.05. The van der Waals surface area contributed by atoms with Gasteiger partial charge in [0.15, 0.2) is 5.65 Å². The molecule has 0 saturated carbocycles. The Morgan fingerprint density at radius 1 is 0.962 bits per heavy atom. The SMILES string of the molecule is FC(F)(F)c1ccccc1CCNc1nnc2c(n1)[nH]c1ccccc12. The summed E-state index contributed by atoms with van der Waals surface area (Å²) in [6, 6.07) is 13.2. The normalized spacial score (nSPS) is 12.0. The molecule has 0 aliphatic carbocycles. The lowest BCUT2D eigenvalue weighted by Gasteiger charge is -2.12. The van der Waals surface area contributed by atoms with Crippen molar-refractivity contribution in [1.29, 1.82) is 0 Å². The Bertz CT molecular complexity index is 1070. The molecule has 0 aliphatic rings. The van der Waals surface area contributed by atoms with Crippen LogP contribution < -0.4 is 5.32 Å². The first-order chi connectivity index (χ1) is 12.5. The van der Waals surface area contributed by atoms with Gasteiger partial charge in [0.2, 0.25) is 5.95 Å². The second-order valence-corrected chi connectivity index (χ2v) is 5.83. The number of H-pyrrole nitrogens is 1. The van der Waals surface area contributed by atoms with Crippen molar-refractivity contribution in [1.82, 2.24) is 20.2 Å². The van der Waals surface area contributed by atoms with Crippen molar-refractivity contribution in [2.24, 2.45) is 0 Å². The van der Waals surface area contributed by atoms with Crippen LogP contribution in [0.15, 0.2) is 48.5 Å². The van der Waals surface area contributed by atoms with Gasteiger partial charge in [0.25, 0.3) is 0 Å². The number of hydrogen-bond donors (Lipinski definition) is 2. The molecule has 2 heterocycles. The predicted molar refractivity (Wildman–Crippen MR) is 92.8 cm³/mol. The summed E-state index contributed by atoms with van der Waals surface area (Å²) in [6.45, 7) is 0.264. The Labute approximate surface area is 146 Å². The van der Waals surface area contributed by atoms with E-state index in [-0.39, 0.29) is 24.5 Å². The fourth-order valence-corrected chi connectivity index (χ4v) is 2.92. The summed E-state index contributed by atoms with van der Waals surface area (Å²) in [4.78, 5) is 7.51. The summed E-state index contributed by atoms with van der Waals surface area (Å²) in [5.41, 5.74) is 1.76. The van der Waals surface area contributed by atoms with E-state index in [0.717, 1.165) is 17.0 Å². The molecule has 0 unspecified atom stereocenters.